The average molecular weight is 660 g/mol. The SMILES string of the molecule is CCCCN(CCCC)C(=O)C1=Nn2c(nc(-c3cc(OC)ccc3OC)c(OC)c2=O)/C1=N\c1ccc(N(CC)CCCC)nc1C. The summed E-state index contributed by atoms with van der Waals surface area (Å²) < 4.78 is 17.8. The van der Waals surface area contributed by atoms with Gasteiger partial charge in [-0.25, -0.2) is 15.0 Å². The van der Waals surface area contributed by atoms with E-state index in [0.717, 1.165) is 62.1 Å². The maximum Gasteiger partial charge on any atom is 0.317 e. The molecule has 12 nitrogen and oxygen atoms in total. The van der Waals surface area contributed by atoms with E-state index in [4.69, 9.17) is 29.2 Å². The molecular formula is C36H49N7O5. The van der Waals surface area contributed by atoms with Gasteiger partial charge in [0.05, 0.1) is 38.3 Å². The molecule has 12 heteroatoms. The quantitative estimate of drug-likeness (QED) is 0.172. The maximum absolute atomic E-state index is 14.3. The predicted molar refractivity (Wildman–Crippen MR) is 191 cm³/mol. The Morgan fingerprint density at radius 2 is 1.56 bits per heavy atom. The minimum Gasteiger partial charge on any atom is -0.497 e. The van der Waals surface area contributed by atoms with Gasteiger partial charge in [0.2, 0.25) is 5.75 Å². The van der Waals surface area contributed by atoms with Crippen LogP contribution in [-0.4, -0.2) is 84.4 Å². The smallest absolute Gasteiger partial charge is 0.317 e. The number of benzene rings is 1. The van der Waals surface area contributed by atoms with Crippen LogP contribution in [0.15, 0.2) is 45.2 Å². The molecule has 2 aromatic heterocycles. The summed E-state index contributed by atoms with van der Waals surface area (Å²) in [5, 5.41) is 4.58. The summed E-state index contributed by atoms with van der Waals surface area (Å²) >= 11 is 0. The van der Waals surface area contributed by atoms with Crippen molar-refractivity contribution in [1.82, 2.24) is 19.5 Å². The topological polar surface area (TPSA) is 124 Å². The summed E-state index contributed by atoms with van der Waals surface area (Å²) in [5.74, 6) is 1.63. The molecule has 1 aliphatic rings. The van der Waals surface area contributed by atoms with Crippen molar-refractivity contribution in [3.05, 3.63) is 52.2 Å². The summed E-state index contributed by atoms with van der Waals surface area (Å²) in [5.41, 5.74) is 1.59. The van der Waals surface area contributed by atoms with Crippen LogP contribution in [0.25, 0.3) is 11.3 Å². The number of methoxy groups -OCH3 is 3. The van der Waals surface area contributed by atoms with E-state index in [2.05, 4.69) is 37.7 Å². The van der Waals surface area contributed by atoms with E-state index in [-0.39, 0.29) is 34.6 Å². The molecule has 0 saturated carbocycles. The van der Waals surface area contributed by atoms with Gasteiger partial charge >= 0.3 is 5.56 Å². The van der Waals surface area contributed by atoms with Crippen LogP contribution in [0, 0.1) is 6.92 Å². The Morgan fingerprint density at radius 3 is 2.15 bits per heavy atom. The molecular weight excluding hydrogens is 610 g/mol. The fourth-order valence-corrected chi connectivity index (χ4v) is 5.51. The Morgan fingerprint density at radius 1 is 0.875 bits per heavy atom. The zero-order valence-corrected chi connectivity index (χ0v) is 29.6. The van der Waals surface area contributed by atoms with Crippen LogP contribution in [0.5, 0.6) is 17.2 Å². The van der Waals surface area contributed by atoms with Gasteiger partial charge in [-0.05, 0) is 63.4 Å². The zero-order valence-electron chi connectivity index (χ0n) is 29.6. The lowest BCUT2D eigenvalue weighted by molar-refractivity contribution is -0.124. The summed E-state index contributed by atoms with van der Waals surface area (Å²) in [6, 6.07) is 9.04. The number of pyridine rings is 1. The highest BCUT2D eigenvalue weighted by Crippen LogP contribution is 2.37. The third-order valence-corrected chi connectivity index (χ3v) is 8.34. The largest absolute Gasteiger partial charge is 0.497 e. The van der Waals surface area contributed by atoms with Gasteiger partial charge in [0, 0.05) is 26.2 Å². The summed E-state index contributed by atoms with van der Waals surface area (Å²) in [6.45, 7) is 13.2. The third kappa shape index (κ3) is 7.69. The molecule has 3 heterocycles. The van der Waals surface area contributed by atoms with Crippen LogP contribution in [0.4, 0.5) is 11.5 Å². The highest BCUT2D eigenvalue weighted by Gasteiger charge is 2.36. The normalized spacial score (nSPS) is 12.9. The lowest BCUT2D eigenvalue weighted by Gasteiger charge is -2.23. The number of aromatic nitrogens is 3. The van der Waals surface area contributed by atoms with Gasteiger partial charge in [0.1, 0.15) is 28.7 Å². The number of carbonyl (C=O) groups excluding carboxylic acids is 1. The van der Waals surface area contributed by atoms with Crippen LogP contribution in [-0.2, 0) is 4.79 Å². The van der Waals surface area contributed by atoms with Gasteiger partial charge in [0.25, 0.3) is 5.91 Å². The van der Waals surface area contributed by atoms with Crippen molar-refractivity contribution in [3.8, 4) is 28.5 Å². The highest BCUT2D eigenvalue weighted by molar-refractivity contribution is 6.70. The Kier molecular flexibility index (Phi) is 12.7. The van der Waals surface area contributed by atoms with E-state index in [9.17, 15) is 9.59 Å². The second-order valence-corrected chi connectivity index (χ2v) is 11.6. The van der Waals surface area contributed by atoms with Crippen LogP contribution < -0.4 is 24.7 Å². The van der Waals surface area contributed by atoms with E-state index in [0.29, 0.717) is 41.5 Å². The average Bonchev–Trinajstić information content (AvgIpc) is 3.47. The van der Waals surface area contributed by atoms with Crippen LogP contribution in [0.2, 0.25) is 0 Å². The molecule has 258 valence electrons. The molecule has 0 spiro atoms. The molecule has 48 heavy (non-hydrogen) atoms. The van der Waals surface area contributed by atoms with Gasteiger partial charge in [-0.2, -0.15) is 9.78 Å². The number of unbranched alkanes of at least 4 members (excludes halogenated alkanes) is 3. The molecule has 0 aliphatic carbocycles. The Bertz CT molecular complexity index is 1710. The van der Waals surface area contributed by atoms with E-state index >= 15 is 0 Å². The first-order chi connectivity index (χ1) is 23.3. The highest BCUT2D eigenvalue weighted by atomic mass is 16.5. The van der Waals surface area contributed by atoms with Crippen molar-refractivity contribution in [1.29, 1.82) is 0 Å². The Labute approximate surface area is 283 Å². The minimum atomic E-state index is -0.578. The number of anilines is 1. The molecule has 0 unspecified atom stereocenters. The van der Waals surface area contributed by atoms with Crippen LogP contribution >= 0.6 is 0 Å². The maximum atomic E-state index is 14.3. The number of hydrogen-bond donors (Lipinski definition) is 0. The van der Waals surface area contributed by atoms with Crippen molar-refractivity contribution in [2.24, 2.45) is 10.1 Å². The summed E-state index contributed by atoms with van der Waals surface area (Å²) in [6.07, 6.45) is 5.68. The standard InChI is InChI=1S/C36H49N7O5/c1-9-13-20-41(12-4)29-19-17-27(24(5)37-29)38-31-32(35(44)42(21-14-10-2)22-15-11-3)40-43-34(31)39-30(33(48-8)36(43)45)26-23-25(46-6)16-18-28(26)47-7/h16-19,23H,9-15,20-22H2,1-8H3/b38-31-. The number of hydrogen-bond acceptors (Lipinski definition) is 10. The van der Waals surface area contributed by atoms with Crippen molar-refractivity contribution in [3.63, 3.8) is 0 Å². The van der Waals surface area contributed by atoms with E-state index in [1.54, 1.807) is 30.2 Å². The van der Waals surface area contributed by atoms with Crippen LogP contribution in [0.1, 0.15) is 77.7 Å². The molecule has 0 saturated heterocycles. The van der Waals surface area contributed by atoms with Gasteiger partial charge in [-0.3, -0.25) is 9.59 Å². The number of amides is 1. The summed E-state index contributed by atoms with van der Waals surface area (Å²) in [4.78, 5) is 47.1. The van der Waals surface area contributed by atoms with Crippen LogP contribution in [0.3, 0.4) is 0 Å². The first-order valence-electron chi connectivity index (χ1n) is 16.9. The number of aliphatic imine (C=N–C) groups is 1. The lowest BCUT2D eigenvalue weighted by Crippen LogP contribution is -2.40. The number of carbonyl (C=O) groups is 1. The number of rotatable bonds is 17. The first kappa shape index (κ1) is 36.1. The molecule has 0 bridgehead atoms. The molecule has 4 rings (SSSR count). The monoisotopic (exact) mass is 659 g/mol. The minimum absolute atomic E-state index is 0.0465. The predicted octanol–water partition coefficient (Wildman–Crippen LogP) is 6.03. The Balaban J connectivity index is 1.95. The van der Waals surface area contributed by atoms with Gasteiger partial charge in [0.15, 0.2) is 11.5 Å². The van der Waals surface area contributed by atoms with Crippen molar-refractivity contribution in [2.75, 3.05) is 52.4 Å². The second-order valence-electron chi connectivity index (χ2n) is 11.6. The lowest BCUT2D eigenvalue weighted by atomic mass is 10.1. The fourth-order valence-electron chi connectivity index (χ4n) is 5.51. The van der Waals surface area contributed by atoms with Crippen molar-refractivity contribution in [2.45, 2.75) is 73.1 Å². The van der Waals surface area contributed by atoms with Gasteiger partial charge < -0.3 is 24.0 Å². The molecule has 0 atom stereocenters. The van der Waals surface area contributed by atoms with Crippen molar-refractivity contribution < 1.29 is 19.0 Å². The molecule has 1 aromatic carbocycles. The molecule has 1 aliphatic heterocycles. The first-order valence-corrected chi connectivity index (χ1v) is 16.9. The second kappa shape index (κ2) is 16.9. The number of nitrogens with zero attached hydrogens (tertiary/aromatic N) is 7. The van der Waals surface area contributed by atoms with Gasteiger partial charge in [-0.15, -0.1) is 0 Å². The Hall–Kier alpha value is -4.74. The number of ether oxygens (including phenoxy) is 3. The molecule has 0 fully saturated rings. The van der Waals surface area contributed by atoms with E-state index in [1.807, 2.05) is 19.1 Å². The summed E-state index contributed by atoms with van der Waals surface area (Å²) in [7, 11) is 4.49. The van der Waals surface area contributed by atoms with E-state index < -0.39 is 5.56 Å². The fraction of sp³-hybridized carbons (Fsp3) is 0.500. The molecule has 0 radical (unpaired) electrons. The molecule has 3 aromatic rings. The third-order valence-electron chi connectivity index (χ3n) is 8.34. The number of fused-ring (bicyclic) bond motifs is 1. The molecule has 1 amide bonds. The molecule has 0 N–H and O–H groups in total. The zero-order chi connectivity index (χ0) is 34.8. The van der Waals surface area contributed by atoms with Gasteiger partial charge in [-0.1, -0.05) is 40.0 Å². The van der Waals surface area contributed by atoms with Crippen molar-refractivity contribution >= 4 is 28.8 Å². The van der Waals surface area contributed by atoms with E-state index in [1.165, 1.54) is 14.2 Å². The number of aryl methyl sites for hydroxylation is 1.